The van der Waals surface area contributed by atoms with E-state index < -0.39 is 19.2 Å². The van der Waals surface area contributed by atoms with Gasteiger partial charge < -0.3 is 18.9 Å². The second kappa shape index (κ2) is 6.82. The van der Waals surface area contributed by atoms with Crippen LogP contribution < -0.4 is 0 Å². The second-order valence-electron chi connectivity index (χ2n) is 3.78. The van der Waals surface area contributed by atoms with Crippen LogP contribution in [-0.4, -0.2) is 32.4 Å². The van der Waals surface area contributed by atoms with E-state index in [-0.39, 0.29) is 6.61 Å². The summed E-state index contributed by atoms with van der Waals surface area (Å²) in [7, 11) is 0.0554. The molecule has 0 heterocycles. The lowest BCUT2D eigenvalue weighted by Gasteiger charge is -2.23. The zero-order chi connectivity index (χ0) is 14.5. The van der Waals surface area contributed by atoms with Crippen molar-refractivity contribution in [2.75, 3.05) is 21.3 Å². The number of rotatable bonds is 7. The first-order valence-corrected chi connectivity index (χ1v) is 7.12. The van der Waals surface area contributed by atoms with Crippen LogP contribution in [0.15, 0.2) is 24.3 Å². The summed E-state index contributed by atoms with van der Waals surface area (Å²) < 4.78 is 27.0. The Bertz CT molecular complexity index is 479. The Morgan fingerprint density at radius 1 is 1.26 bits per heavy atom. The lowest BCUT2D eigenvalue weighted by Crippen LogP contribution is -2.16. The Kier molecular flexibility index (Phi) is 5.69. The molecule has 0 spiro atoms. The Morgan fingerprint density at radius 3 is 2.32 bits per heavy atom. The van der Waals surface area contributed by atoms with Crippen molar-refractivity contribution in [3.8, 4) is 0 Å². The SMILES string of the molecule is COCc1ccccc1C(C(=O)O)P(=O)(OC)OC. The summed E-state index contributed by atoms with van der Waals surface area (Å²) in [4.78, 5) is 11.4. The van der Waals surface area contributed by atoms with Crippen LogP contribution in [0.1, 0.15) is 16.8 Å². The molecule has 0 aliphatic heterocycles. The summed E-state index contributed by atoms with van der Waals surface area (Å²) in [5.74, 6) is -1.27. The highest BCUT2D eigenvalue weighted by Crippen LogP contribution is 2.60. The fourth-order valence-electron chi connectivity index (χ4n) is 1.81. The molecule has 1 aromatic rings. The summed E-state index contributed by atoms with van der Waals surface area (Å²) in [5.41, 5.74) is -0.385. The Hall–Kier alpha value is -1.20. The standard InChI is InChI=1S/C12H17O6P/c1-16-8-9-6-4-5-7-10(9)11(12(13)14)19(15,17-2)18-3/h4-7,11H,8H2,1-3H3,(H,13,14). The minimum absolute atomic E-state index is 0.216. The highest BCUT2D eigenvalue weighted by atomic mass is 31.2. The smallest absolute Gasteiger partial charge is 0.348 e. The van der Waals surface area contributed by atoms with Gasteiger partial charge in [-0.05, 0) is 11.1 Å². The van der Waals surface area contributed by atoms with Gasteiger partial charge in [-0.25, -0.2) is 0 Å². The molecule has 1 unspecified atom stereocenters. The summed E-state index contributed by atoms with van der Waals surface area (Å²) in [5, 5.41) is 9.34. The molecule has 1 N–H and O–H groups in total. The molecule has 7 heteroatoms. The molecule has 0 aliphatic carbocycles. The quantitative estimate of drug-likeness (QED) is 0.776. The topological polar surface area (TPSA) is 82.1 Å². The Morgan fingerprint density at radius 2 is 1.84 bits per heavy atom. The van der Waals surface area contributed by atoms with Crippen molar-refractivity contribution in [3.05, 3.63) is 35.4 Å². The minimum Gasteiger partial charge on any atom is -0.480 e. The van der Waals surface area contributed by atoms with Crippen LogP contribution in [0.4, 0.5) is 0 Å². The van der Waals surface area contributed by atoms with Gasteiger partial charge in [-0.3, -0.25) is 9.36 Å². The van der Waals surface area contributed by atoms with E-state index in [0.29, 0.717) is 11.1 Å². The van der Waals surface area contributed by atoms with Crippen molar-refractivity contribution in [1.29, 1.82) is 0 Å². The number of hydrogen-bond acceptors (Lipinski definition) is 5. The van der Waals surface area contributed by atoms with Crippen LogP contribution in [0.25, 0.3) is 0 Å². The molecule has 0 saturated carbocycles. The van der Waals surface area contributed by atoms with Gasteiger partial charge in [-0.15, -0.1) is 0 Å². The third kappa shape index (κ3) is 3.42. The van der Waals surface area contributed by atoms with Crippen molar-refractivity contribution < 1.29 is 28.3 Å². The molecular weight excluding hydrogens is 271 g/mol. The molecule has 0 amide bonds. The predicted molar refractivity (Wildman–Crippen MR) is 69.2 cm³/mol. The van der Waals surface area contributed by atoms with Crippen LogP contribution in [-0.2, 0) is 29.8 Å². The van der Waals surface area contributed by atoms with E-state index in [1.165, 1.54) is 21.3 Å². The summed E-state index contributed by atoms with van der Waals surface area (Å²) in [6.45, 7) is 0.216. The van der Waals surface area contributed by atoms with E-state index in [2.05, 4.69) is 0 Å². The van der Waals surface area contributed by atoms with Gasteiger partial charge in [-0.2, -0.15) is 0 Å². The highest BCUT2D eigenvalue weighted by molar-refractivity contribution is 7.55. The largest absolute Gasteiger partial charge is 0.480 e. The van der Waals surface area contributed by atoms with Gasteiger partial charge in [0.05, 0.1) is 6.61 Å². The predicted octanol–water partition coefficient (Wildman–Crippen LogP) is 2.44. The third-order valence-corrected chi connectivity index (χ3v) is 4.86. The lowest BCUT2D eigenvalue weighted by atomic mass is 10.1. The van der Waals surface area contributed by atoms with Gasteiger partial charge in [0.25, 0.3) is 0 Å². The highest BCUT2D eigenvalue weighted by Gasteiger charge is 2.42. The minimum atomic E-state index is -3.78. The van der Waals surface area contributed by atoms with Crippen molar-refractivity contribution in [1.82, 2.24) is 0 Å². The fraction of sp³-hybridized carbons (Fsp3) is 0.417. The van der Waals surface area contributed by atoms with Crippen molar-refractivity contribution >= 4 is 13.6 Å². The lowest BCUT2D eigenvalue weighted by molar-refractivity contribution is -0.137. The molecule has 0 bridgehead atoms. The van der Waals surface area contributed by atoms with Crippen LogP contribution in [0.5, 0.6) is 0 Å². The zero-order valence-corrected chi connectivity index (χ0v) is 11.9. The molecule has 106 valence electrons. The summed E-state index contributed by atoms with van der Waals surface area (Å²) in [6, 6.07) is 6.71. The molecule has 0 saturated heterocycles. The molecule has 1 atom stereocenters. The van der Waals surface area contributed by atoms with Gasteiger partial charge in [0, 0.05) is 21.3 Å². The maximum Gasteiger partial charge on any atom is 0.348 e. The Balaban J connectivity index is 3.35. The number of carboxylic acid groups (broad SMARTS) is 1. The number of ether oxygens (including phenoxy) is 1. The second-order valence-corrected chi connectivity index (χ2v) is 6.10. The van der Waals surface area contributed by atoms with Crippen LogP contribution in [0.2, 0.25) is 0 Å². The molecule has 1 rings (SSSR count). The molecule has 0 fully saturated rings. The van der Waals surface area contributed by atoms with Gasteiger partial charge in [0.15, 0.2) is 5.66 Å². The zero-order valence-electron chi connectivity index (χ0n) is 11.0. The first-order chi connectivity index (χ1) is 9.00. The average molecular weight is 288 g/mol. The van der Waals surface area contributed by atoms with Gasteiger partial charge in [-0.1, -0.05) is 24.3 Å². The number of aliphatic carboxylic acids is 1. The molecule has 19 heavy (non-hydrogen) atoms. The van der Waals surface area contributed by atoms with Crippen molar-refractivity contribution in [2.24, 2.45) is 0 Å². The van der Waals surface area contributed by atoms with Gasteiger partial charge >= 0.3 is 13.6 Å². The fourth-order valence-corrected chi connectivity index (χ4v) is 3.25. The average Bonchev–Trinajstić information content (AvgIpc) is 2.40. The monoisotopic (exact) mass is 288 g/mol. The van der Waals surface area contributed by atoms with Gasteiger partial charge in [0.2, 0.25) is 0 Å². The third-order valence-electron chi connectivity index (χ3n) is 2.71. The van der Waals surface area contributed by atoms with E-state index in [0.717, 1.165) is 0 Å². The number of methoxy groups -OCH3 is 1. The molecule has 6 nitrogen and oxygen atoms in total. The maximum absolute atomic E-state index is 12.4. The molecule has 0 radical (unpaired) electrons. The summed E-state index contributed by atoms with van der Waals surface area (Å²) >= 11 is 0. The van der Waals surface area contributed by atoms with Gasteiger partial charge in [0.1, 0.15) is 0 Å². The van der Waals surface area contributed by atoms with E-state index in [1.807, 2.05) is 0 Å². The number of hydrogen-bond donors (Lipinski definition) is 1. The normalized spacial score (nSPS) is 13.2. The number of carbonyl (C=O) groups is 1. The van der Waals surface area contributed by atoms with E-state index in [4.69, 9.17) is 13.8 Å². The molecule has 0 aliphatic rings. The number of carboxylic acids is 1. The van der Waals surface area contributed by atoms with E-state index >= 15 is 0 Å². The molecule has 0 aromatic heterocycles. The maximum atomic E-state index is 12.4. The summed E-state index contributed by atoms with van der Waals surface area (Å²) in [6.07, 6.45) is 0. The van der Waals surface area contributed by atoms with Crippen LogP contribution in [0.3, 0.4) is 0 Å². The van der Waals surface area contributed by atoms with E-state index in [9.17, 15) is 14.5 Å². The molecule has 1 aromatic carbocycles. The van der Waals surface area contributed by atoms with Crippen molar-refractivity contribution in [2.45, 2.75) is 12.3 Å². The number of benzene rings is 1. The van der Waals surface area contributed by atoms with Crippen LogP contribution in [0, 0.1) is 0 Å². The first kappa shape index (κ1) is 15.9. The first-order valence-electron chi connectivity index (χ1n) is 5.51. The van der Waals surface area contributed by atoms with Crippen LogP contribution >= 0.6 is 7.60 Å². The Labute approximate surface area is 111 Å². The van der Waals surface area contributed by atoms with E-state index in [1.54, 1.807) is 24.3 Å². The molecular formula is C12H17O6P. The van der Waals surface area contributed by atoms with Crippen molar-refractivity contribution in [3.63, 3.8) is 0 Å².